The molecule has 1 aliphatic heterocycles. The molecule has 0 aliphatic carbocycles. The number of benzene rings is 2. The lowest BCUT2D eigenvalue weighted by atomic mass is 9.94. The molecule has 4 rings (SSSR count). The van der Waals surface area contributed by atoms with E-state index in [1.165, 1.54) is 16.2 Å². The maximum Gasteiger partial charge on any atom is 0.294 e. The zero-order valence-electron chi connectivity index (χ0n) is 16.9. The van der Waals surface area contributed by atoms with Gasteiger partial charge in [-0.15, -0.1) is 11.3 Å². The highest BCUT2D eigenvalue weighted by Gasteiger charge is 2.46. The van der Waals surface area contributed by atoms with Crippen LogP contribution in [0.4, 0.5) is 5.69 Å². The molecule has 0 fully saturated rings. The van der Waals surface area contributed by atoms with Gasteiger partial charge in [0.05, 0.1) is 23.6 Å². The Morgan fingerprint density at radius 1 is 1.07 bits per heavy atom. The molecule has 152 valence electrons. The first-order valence-corrected chi connectivity index (χ1v) is 10.4. The summed E-state index contributed by atoms with van der Waals surface area (Å²) < 4.78 is 5.53. The molecule has 1 aliphatic rings. The van der Waals surface area contributed by atoms with Crippen molar-refractivity contribution in [1.82, 2.24) is 0 Å². The number of anilines is 1. The van der Waals surface area contributed by atoms with Crippen molar-refractivity contribution in [3.05, 3.63) is 92.9 Å². The maximum atomic E-state index is 13.3. The van der Waals surface area contributed by atoms with Crippen LogP contribution in [0, 0.1) is 13.8 Å². The summed E-state index contributed by atoms with van der Waals surface area (Å²) in [7, 11) is 1.54. The van der Waals surface area contributed by atoms with Crippen molar-refractivity contribution in [3.63, 3.8) is 0 Å². The van der Waals surface area contributed by atoms with Crippen molar-refractivity contribution >= 4 is 28.7 Å². The number of amides is 1. The molecule has 2 aromatic carbocycles. The number of nitrogens with zero attached hydrogens (tertiary/aromatic N) is 1. The first-order chi connectivity index (χ1) is 14.5. The first-order valence-electron chi connectivity index (χ1n) is 9.49. The number of carbonyl (C=O) groups is 2. The molecule has 5 nitrogen and oxygen atoms in total. The van der Waals surface area contributed by atoms with E-state index < -0.39 is 17.7 Å². The molecule has 0 bridgehead atoms. The fraction of sp³-hybridized carbons (Fsp3) is 0.167. The molecular formula is C24H21NO4S. The van der Waals surface area contributed by atoms with Crippen LogP contribution in [0.25, 0.3) is 0 Å². The average Bonchev–Trinajstić information content (AvgIpc) is 3.37. The van der Waals surface area contributed by atoms with Crippen molar-refractivity contribution in [3.8, 4) is 5.75 Å². The number of carbonyl (C=O) groups excluding carboxylic acids is 2. The average molecular weight is 420 g/mol. The molecule has 2 heterocycles. The van der Waals surface area contributed by atoms with Crippen LogP contribution in [-0.4, -0.2) is 23.9 Å². The minimum atomic E-state index is -0.802. The van der Waals surface area contributed by atoms with E-state index in [0.717, 1.165) is 11.1 Å². The normalized spacial score (nSPS) is 16.3. The Hall–Kier alpha value is -3.38. The van der Waals surface area contributed by atoms with E-state index in [9.17, 15) is 14.7 Å². The molecule has 0 saturated heterocycles. The fourth-order valence-electron chi connectivity index (χ4n) is 3.81. The zero-order chi connectivity index (χ0) is 21.4. The number of hydrogen-bond donors (Lipinski definition) is 1. The van der Waals surface area contributed by atoms with Crippen LogP contribution in [0.3, 0.4) is 0 Å². The Kier molecular flexibility index (Phi) is 5.18. The number of Topliss-reactive ketones (excluding diaryl/α,β-unsaturated/α-hetero) is 1. The van der Waals surface area contributed by atoms with Gasteiger partial charge in [-0.05, 0) is 48.6 Å². The molecule has 1 amide bonds. The van der Waals surface area contributed by atoms with E-state index in [1.807, 2.05) is 50.2 Å². The summed E-state index contributed by atoms with van der Waals surface area (Å²) in [6, 6.07) is 15.6. The van der Waals surface area contributed by atoms with E-state index in [4.69, 9.17) is 4.74 Å². The van der Waals surface area contributed by atoms with Crippen LogP contribution in [0.2, 0.25) is 0 Å². The van der Waals surface area contributed by atoms with E-state index in [1.54, 1.807) is 30.7 Å². The minimum absolute atomic E-state index is 0.0628. The van der Waals surface area contributed by atoms with Gasteiger partial charge in [-0.25, -0.2) is 0 Å². The van der Waals surface area contributed by atoms with Gasteiger partial charge in [0.25, 0.3) is 5.91 Å². The topological polar surface area (TPSA) is 66.8 Å². The number of aryl methyl sites for hydroxylation is 1. The number of methoxy groups -OCH3 is 1. The lowest BCUT2D eigenvalue weighted by Gasteiger charge is -2.29. The van der Waals surface area contributed by atoms with Crippen molar-refractivity contribution in [1.29, 1.82) is 0 Å². The van der Waals surface area contributed by atoms with Crippen molar-refractivity contribution < 1.29 is 19.4 Å². The monoisotopic (exact) mass is 419 g/mol. The van der Waals surface area contributed by atoms with Crippen LogP contribution in [0.1, 0.15) is 32.4 Å². The van der Waals surface area contributed by atoms with Gasteiger partial charge in [-0.3, -0.25) is 14.5 Å². The zero-order valence-corrected chi connectivity index (χ0v) is 17.7. The maximum absolute atomic E-state index is 13.3. The minimum Gasteiger partial charge on any atom is -0.503 e. The quantitative estimate of drug-likeness (QED) is 0.581. The van der Waals surface area contributed by atoms with Gasteiger partial charge in [-0.1, -0.05) is 36.4 Å². The second-order valence-corrected chi connectivity index (χ2v) is 8.06. The number of para-hydroxylation sites is 1. The Morgan fingerprint density at radius 2 is 1.83 bits per heavy atom. The molecule has 0 spiro atoms. The summed E-state index contributed by atoms with van der Waals surface area (Å²) in [6.07, 6.45) is 0. The summed E-state index contributed by atoms with van der Waals surface area (Å²) in [5, 5.41) is 12.6. The predicted molar refractivity (Wildman–Crippen MR) is 117 cm³/mol. The van der Waals surface area contributed by atoms with Crippen LogP contribution in [-0.2, 0) is 4.79 Å². The lowest BCUT2D eigenvalue weighted by molar-refractivity contribution is -0.117. The number of ketones is 1. The third kappa shape index (κ3) is 3.09. The van der Waals surface area contributed by atoms with Crippen LogP contribution >= 0.6 is 11.3 Å². The number of aliphatic hydroxyl groups excluding tert-OH is 1. The van der Waals surface area contributed by atoms with Crippen molar-refractivity contribution in [2.45, 2.75) is 19.9 Å². The number of ether oxygens (including phenoxy) is 1. The Labute approximate surface area is 178 Å². The molecule has 1 aromatic heterocycles. The molecule has 30 heavy (non-hydrogen) atoms. The lowest BCUT2D eigenvalue weighted by Crippen LogP contribution is -2.32. The van der Waals surface area contributed by atoms with Crippen LogP contribution in [0.15, 0.2) is 71.3 Å². The standard InChI is InChI=1S/C24H21NO4S/c1-14-8-6-10-17(15(14)2)25-21(16-9-4-5-11-18(16)29-3)20(23(27)24(25)28)22(26)19-12-7-13-30-19/h4-13,21,27H,1-3H3. The highest BCUT2D eigenvalue weighted by Crippen LogP contribution is 2.45. The highest BCUT2D eigenvalue weighted by atomic mass is 32.1. The predicted octanol–water partition coefficient (Wildman–Crippen LogP) is 5.16. The smallest absolute Gasteiger partial charge is 0.294 e. The Bertz CT molecular complexity index is 1160. The molecule has 1 unspecified atom stereocenters. The molecule has 6 heteroatoms. The Morgan fingerprint density at radius 3 is 2.53 bits per heavy atom. The van der Waals surface area contributed by atoms with Gasteiger partial charge < -0.3 is 9.84 Å². The third-order valence-corrected chi connectivity index (χ3v) is 6.34. The largest absolute Gasteiger partial charge is 0.503 e. The van der Waals surface area contributed by atoms with Gasteiger partial charge >= 0.3 is 0 Å². The van der Waals surface area contributed by atoms with E-state index >= 15 is 0 Å². The number of hydrogen-bond acceptors (Lipinski definition) is 5. The van der Waals surface area contributed by atoms with Gasteiger partial charge in [0.15, 0.2) is 5.76 Å². The fourth-order valence-corrected chi connectivity index (χ4v) is 4.49. The SMILES string of the molecule is COc1ccccc1C1C(C(=O)c2cccs2)=C(O)C(=O)N1c1cccc(C)c1C. The summed E-state index contributed by atoms with van der Waals surface area (Å²) in [5.74, 6) is -0.943. The molecular weight excluding hydrogens is 398 g/mol. The molecule has 0 radical (unpaired) electrons. The molecule has 1 atom stereocenters. The second-order valence-electron chi connectivity index (χ2n) is 7.11. The first kappa shape index (κ1) is 19.9. The third-order valence-electron chi connectivity index (χ3n) is 5.47. The van der Waals surface area contributed by atoms with Gasteiger partial charge in [-0.2, -0.15) is 0 Å². The summed E-state index contributed by atoms with van der Waals surface area (Å²) >= 11 is 1.28. The van der Waals surface area contributed by atoms with Crippen LogP contribution in [0.5, 0.6) is 5.75 Å². The van der Waals surface area contributed by atoms with E-state index in [0.29, 0.717) is 21.9 Å². The summed E-state index contributed by atoms with van der Waals surface area (Å²) in [4.78, 5) is 28.6. The van der Waals surface area contributed by atoms with Crippen molar-refractivity contribution in [2.24, 2.45) is 0 Å². The number of rotatable bonds is 5. The number of aliphatic hydroxyl groups is 1. The molecule has 0 saturated carbocycles. The van der Waals surface area contributed by atoms with E-state index in [2.05, 4.69) is 0 Å². The highest BCUT2D eigenvalue weighted by molar-refractivity contribution is 7.12. The van der Waals surface area contributed by atoms with Crippen LogP contribution < -0.4 is 9.64 Å². The van der Waals surface area contributed by atoms with Gasteiger partial charge in [0.1, 0.15) is 5.75 Å². The van der Waals surface area contributed by atoms with Gasteiger partial charge in [0, 0.05) is 11.3 Å². The number of thiophene rings is 1. The summed E-state index contributed by atoms with van der Waals surface area (Å²) in [5.41, 5.74) is 3.27. The molecule has 3 aromatic rings. The Balaban J connectivity index is 1.96. The summed E-state index contributed by atoms with van der Waals surface area (Å²) in [6.45, 7) is 3.88. The second kappa shape index (κ2) is 7.80. The van der Waals surface area contributed by atoms with Crippen molar-refractivity contribution in [2.75, 3.05) is 12.0 Å². The van der Waals surface area contributed by atoms with E-state index in [-0.39, 0.29) is 11.4 Å². The molecule has 1 N–H and O–H groups in total. The van der Waals surface area contributed by atoms with Gasteiger partial charge in [0.2, 0.25) is 5.78 Å².